The third kappa shape index (κ3) is 6.26. The summed E-state index contributed by atoms with van der Waals surface area (Å²) in [4.78, 5) is 30.7. The van der Waals surface area contributed by atoms with E-state index in [-0.39, 0.29) is 31.2 Å². The van der Waals surface area contributed by atoms with Crippen LogP contribution in [0.25, 0.3) is 22.2 Å². The number of esters is 1. The van der Waals surface area contributed by atoms with Gasteiger partial charge in [-0.1, -0.05) is 65.5 Å². The zero-order chi connectivity index (χ0) is 30.0. The first-order valence-corrected chi connectivity index (χ1v) is 15.7. The number of aryl methyl sites for hydroxylation is 1. The van der Waals surface area contributed by atoms with Crippen molar-refractivity contribution in [1.82, 2.24) is 9.29 Å². The van der Waals surface area contributed by atoms with E-state index in [1.54, 1.807) is 55.5 Å². The maximum atomic E-state index is 13.2. The van der Waals surface area contributed by atoms with Crippen LogP contribution in [0.4, 0.5) is 5.69 Å². The molecule has 218 valence electrons. The summed E-state index contributed by atoms with van der Waals surface area (Å²) in [6.45, 7) is 2.05. The number of sulfonamides is 1. The average molecular weight is 647 g/mol. The van der Waals surface area contributed by atoms with E-state index < -0.39 is 28.5 Å². The average Bonchev–Trinajstić information content (AvgIpc) is 2.99. The van der Waals surface area contributed by atoms with Crippen molar-refractivity contribution in [2.24, 2.45) is 0 Å². The van der Waals surface area contributed by atoms with Crippen molar-refractivity contribution in [3.05, 3.63) is 86.9 Å². The zero-order valence-corrected chi connectivity index (χ0v) is 25.6. The summed E-state index contributed by atoms with van der Waals surface area (Å²) in [6, 6.07) is 16.4. The van der Waals surface area contributed by atoms with Gasteiger partial charge in [0.05, 0.1) is 36.7 Å². The van der Waals surface area contributed by atoms with Gasteiger partial charge in [0.2, 0.25) is 10.0 Å². The standard InChI is InChI=1S/C30H26Cl3N3O5S/c1-18-9-10-19(15-26(18)42(39,40)36-13-5-2-6-14-36)34-27(37)17-41-30(38)22-16-25(35-24-8-4-3-7-20(22)24)21-11-12-23(31)29(33)28(21)32/h3-4,7-12,15-16H,2,5-6,13-14,17H2,1H3,(H,34,37). The van der Waals surface area contributed by atoms with Crippen LogP contribution in [0, 0.1) is 6.92 Å². The molecule has 0 aliphatic carbocycles. The van der Waals surface area contributed by atoms with Gasteiger partial charge in [0, 0.05) is 29.7 Å². The van der Waals surface area contributed by atoms with E-state index in [0.717, 1.165) is 19.3 Å². The van der Waals surface area contributed by atoms with Crippen LogP contribution in [-0.4, -0.2) is 49.3 Å². The predicted octanol–water partition coefficient (Wildman–Crippen LogP) is 7.14. The number of ether oxygens (including phenoxy) is 1. The Kier molecular flexibility index (Phi) is 9.05. The third-order valence-electron chi connectivity index (χ3n) is 6.99. The lowest BCUT2D eigenvalue weighted by molar-refractivity contribution is -0.119. The number of halogens is 3. The lowest BCUT2D eigenvalue weighted by atomic mass is 10.0. The Morgan fingerprint density at radius 3 is 2.45 bits per heavy atom. The topological polar surface area (TPSA) is 106 Å². The lowest BCUT2D eigenvalue weighted by Crippen LogP contribution is -2.36. The van der Waals surface area contributed by atoms with Crippen LogP contribution in [0.5, 0.6) is 0 Å². The summed E-state index contributed by atoms with van der Waals surface area (Å²) >= 11 is 18.7. The van der Waals surface area contributed by atoms with E-state index in [1.165, 1.54) is 16.4 Å². The number of anilines is 1. The highest BCUT2D eigenvalue weighted by molar-refractivity contribution is 7.89. The van der Waals surface area contributed by atoms with Crippen molar-refractivity contribution in [1.29, 1.82) is 0 Å². The van der Waals surface area contributed by atoms with Crippen molar-refractivity contribution in [3.8, 4) is 11.3 Å². The van der Waals surface area contributed by atoms with Crippen molar-refractivity contribution < 1.29 is 22.7 Å². The number of aromatic nitrogens is 1. The lowest BCUT2D eigenvalue weighted by Gasteiger charge is -2.26. The molecule has 1 N–H and O–H groups in total. The molecule has 0 saturated carbocycles. The zero-order valence-electron chi connectivity index (χ0n) is 22.5. The molecule has 1 aromatic heterocycles. The third-order valence-corrected chi connectivity index (χ3v) is 10.3. The normalized spacial score (nSPS) is 14.1. The number of carbonyl (C=O) groups excluding carboxylic acids is 2. The predicted molar refractivity (Wildman–Crippen MR) is 165 cm³/mol. The Bertz CT molecular complexity index is 1810. The highest BCUT2D eigenvalue weighted by Gasteiger charge is 2.28. The molecule has 4 aromatic rings. The minimum Gasteiger partial charge on any atom is -0.452 e. The summed E-state index contributed by atoms with van der Waals surface area (Å²) in [7, 11) is -3.70. The number of nitrogens with zero attached hydrogens (tertiary/aromatic N) is 2. The maximum Gasteiger partial charge on any atom is 0.339 e. The van der Waals surface area contributed by atoms with Crippen molar-refractivity contribution in [2.45, 2.75) is 31.1 Å². The summed E-state index contributed by atoms with van der Waals surface area (Å²) in [5.74, 6) is -1.38. The first kappa shape index (κ1) is 30.3. The van der Waals surface area contributed by atoms with Crippen LogP contribution in [0.2, 0.25) is 15.1 Å². The molecule has 8 nitrogen and oxygen atoms in total. The molecule has 1 amide bonds. The molecule has 1 saturated heterocycles. The molecule has 0 bridgehead atoms. The Morgan fingerprint density at radius 1 is 0.952 bits per heavy atom. The van der Waals surface area contributed by atoms with Crippen LogP contribution >= 0.6 is 34.8 Å². The van der Waals surface area contributed by atoms with Gasteiger partial charge in [-0.25, -0.2) is 18.2 Å². The van der Waals surface area contributed by atoms with Gasteiger partial charge in [-0.3, -0.25) is 4.79 Å². The largest absolute Gasteiger partial charge is 0.452 e. The quantitative estimate of drug-likeness (QED) is 0.169. The molecule has 0 unspecified atom stereocenters. The molecular formula is C30H26Cl3N3O5S. The summed E-state index contributed by atoms with van der Waals surface area (Å²) in [5, 5.41) is 3.78. The summed E-state index contributed by atoms with van der Waals surface area (Å²) < 4.78 is 33.3. The molecule has 0 atom stereocenters. The Hall–Kier alpha value is -3.21. The molecule has 5 rings (SSSR count). The molecular weight excluding hydrogens is 621 g/mol. The van der Waals surface area contributed by atoms with Crippen LogP contribution < -0.4 is 5.32 Å². The SMILES string of the molecule is Cc1ccc(NC(=O)COC(=O)c2cc(-c3ccc(Cl)c(Cl)c3Cl)nc3ccccc23)cc1S(=O)(=O)N1CCCCC1. The van der Waals surface area contributed by atoms with Gasteiger partial charge in [-0.15, -0.1) is 0 Å². The first-order chi connectivity index (χ1) is 20.1. The second-order valence-electron chi connectivity index (χ2n) is 9.86. The van der Waals surface area contributed by atoms with Crippen LogP contribution in [0.3, 0.4) is 0 Å². The number of benzene rings is 3. The van der Waals surface area contributed by atoms with E-state index >= 15 is 0 Å². The van der Waals surface area contributed by atoms with E-state index in [1.807, 2.05) is 0 Å². The highest BCUT2D eigenvalue weighted by Crippen LogP contribution is 2.38. The van der Waals surface area contributed by atoms with Gasteiger partial charge < -0.3 is 10.1 Å². The van der Waals surface area contributed by atoms with Crippen molar-refractivity contribution in [2.75, 3.05) is 25.0 Å². The van der Waals surface area contributed by atoms with Gasteiger partial charge in [-0.05, 0) is 61.7 Å². The number of amides is 1. The van der Waals surface area contributed by atoms with Crippen molar-refractivity contribution >= 4 is 73.3 Å². The van der Waals surface area contributed by atoms with E-state index in [2.05, 4.69) is 10.3 Å². The van der Waals surface area contributed by atoms with E-state index in [4.69, 9.17) is 39.5 Å². The fourth-order valence-corrected chi connectivity index (χ4v) is 7.21. The fraction of sp³-hybridized carbons (Fsp3) is 0.233. The van der Waals surface area contributed by atoms with Gasteiger partial charge in [-0.2, -0.15) is 4.31 Å². The van der Waals surface area contributed by atoms with Crippen LogP contribution in [0.15, 0.2) is 65.6 Å². The molecule has 0 radical (unpaired) electrons. The number of fused-ring (bicyclic) bond motifs is 1. The fourth-order valence-electron chi connectivity index (χ4n) is 4.81. The number of rotatable bonds is 7. The number of hydrogen-bond acceptors (Lipinski definition) is 6. The molecule has 1 aliphatic rings. The monoisotopic (exact) mass is 645 g/mol. The van der Waals surface area contributed by atoms with Crippen LogP contribution in [0.1, 0.15) is 35.2 Å². The van der Waals surface area contributed by atoms with Gasteiger partial charge in [0.1, 0.15) is 0 Å². The van der Waals surface area contributed by atoms with Crippen molar-refractivity contribution in [3.63, 3.8) is 0 Å². The highest BCUT2D eigenvalue weighted by atomic mass is 35.5. The summed E-state index contributed by atoms with van der Waals surface area (Å²) in [6.07, 6.45) is 2.63. The number of piperidine rings is 1. The molecule has 3 aromatic carbocycles. The molecule has 0 spiro atoms. The van der Waals surface area contributed by atoms with E-state index in [9.17, 15) is 18.0 Å². The molecule has 2 heterocycles. The first-order valence-electron chi connectivity index (χ1n) is 13.2. The number of pyridine rings is 1. The molecule has 42 heavy (non-hydrogen) atoms. The van der Waals surface area contributed by atoms with Gasteiger partial charge in [0.25, 0.3) is 5.91 Å². The van der Waals surface area contributed by atoms with Gasteiger partial charge in [0.15, 0.2) is 6.61 Å². The second kappa shape index (κ2) is 12.6. The maximum absolute atomic E-state index is 13.2. The number of carbonyl (C=O) groups is 2. The summed E-state index contributed by atoms with van der Waals surface area (Å²) in [5.41, 5.74) is 2.39. The molecule has 1 fully saturated rings. The second-order valence-corrected chi connectivity index (χ2v) is 12.9. The minimum absolute atomic E-state index is 0.135. The number of hydrogen-bond donors (Lipinski definition) is 1. The Labute approximate surface area is 258 Å². The minimum atomic E-state index is -3.70. The molecule has 12 heteroatoms. The smallest absolute Gasteiger partial charge is 0.339 e. The Morgan fingerprint density at radius 2 is 1.69 bits per heavy atom. The Balaban J connectivity index is 1.34. The number of para-hydroxylation sites is 1. The molecule has 1 aliphatic heterocycles. The number of nitrogens with one attached hydrogen (secondary N) is 1. The van der Waals surface area contributed by atoms with Crippen LogP contribution in [-0.2, 0) is 19.6 Å². The van der Waals surface area contributed by atoms with Gasteiger partial charge >= 0.3 is 5.97 Å². The van der Waals surface area contributed by atoms with E-state index in [0.29, 0.717) is 40.8 Å².